The molecule has 0 atom stereocenters. The monoisotopic (exact) mass is 266 g/mol. The van der Waals surface area contributed by atoms with Crippen LogP contribution in [0.25, 0.3) is 11.4 Å². The van der Waals surface area contributed by atoms with Gasteiger partial charge in [0.1, 0.15) is 5.75 Å². The van der Waals surface area contributed by atoms with Crippen LogP contribution in [-0.2, 0) is 6.42 Å². The Kier molecular flexibility index (Phi) is 3.21. The van der Waals surface area contributed by atoms with E-state index in [0.717, 1.165) is 16.7 Å². The van der Waals surface area contributed by atoms with Crippen molar-refractivity contribution in [2.45, 2.75) is 13.3 Å². The van der Waals surface area contributed by atoms with Crippen LogP contribution in [0.3, 0.4) is 0 Å². The minimum absolute atomic E-state index is 0.239. The van der Waals surface area contributed by atoms with Crippen molar-refractivity contribution < 1.29 is 9.63 Å². The molecule has 0 fully saturated rings. The van der Waals surface area contributed by atoms with Crippen molar-refractivity contribution in [3.05, 3.63) is 65.5 Å². The molecule has 0 saturated carbocycles. The fourth-order valence-electron chi connectivity index (χ4n) is 2.05. The maximum absolute atomic E-state index is 9.74. The van der Waals surface area contributed by atoms with Crippen LogP contribution < -0.4 is 0 Å². The molecular formula is C16H14N2O2. The highest BCUT2D eigenvalue weighted by atomic mass is 16.5. The number of phenols is 1. The fourth-order valence-corrected chi connectivity index (χ4v) is 2.05. The lowest BCUT2D eigenvalue weighted by molar-refractivity contribution is 0.383. The molecule has 0 aliphatic carbocycles. The smallest absolute Gasteiger partial charge is 0.231 e. The molecule has 3 rings (SSSR count). The Bertz CT molecular complexity index is 735. The molecule has 0 spiro atoms. The number of para-hydroxylation sites is 1. The number of aromatic hydroxyl groups is 1. The maximum Gasteiger partial charge on any atom is 0.231 e. The van der Waals surface area contributed by atoms with Crippen LogP contribution in [0.15, 0.2) is 53.1 Å². The molecule has 1 aromatic heterocycles. The molecule has 0 bridgehead atoms. The Hall–Kier alpha value is -2.62. The summed E-state index contributed by atoms with van der Waals surface area (Å²) in [5, 5.41) is 13.7. The van der Waals surface area contributed by atoms with E-state index in [9.17, 15) is 5.11 Å². The number of hydrogen-bond donors (Lipinski definition) is 1. The summed E-state index contributed by atoms with van der Waals surface area (Å²) < 4.78 is 5.25. The van der Waals surface area contributed by atoms with E-state index >= 15 is 0 Å². The zero-order valence-corrected chi connectivity index (χ0v) is 11.1. The van der Waals surface area contributed by atoms with Crippen LogP contribution in [0.4, 0.5) is 0 Å². The summed E-state index contributed by atoms with van der Waals surface area (Å²) in [7, 11) is 0. The molecule has 1 N–H and O–H groups in total. The summed E-state index contributed by atoms with van der Waals surface area (Å²) in [6.45, 7) is 2.02. The third kappa shape index (κ3) is 2.54. The summed E-state index contributed by atoms with van der Waals surface area (Å²) in [5.74, 6) is 1.30. The van der Waals surface area contributed by atoms with Gasteiger partial charge in [-0.15, -0.1) is 0 Å². The van der Waals surface area contributed by atoms with Gasteiger partial charge in [-0.2, -0.15) is 4.98 Å². The minimum atomic E-state index is 0.239. The van der Waals surface area contributed by atoms with E-state index in [1.54, 1.807) is 12.1 Å². The molecule has 3 aromatic rings. The summed E-state index contributed by atoms with van der Waals surface area (Å²) in [6.07, 6.45) is 0.422. The van der Waals surface area contributed by atoms with E-state index in [2.05, 4.69) is 10.1 Å². The van der Waals surface area contributed by atoms with Gasteiger partial charge in [0.15, 0.2) is 0 Å². The van der Waals surface area contributed by atoms with Crippen LogP contribution in [-0.4, -0.2) is 15.2 Å². The number of hydrogen-bond acceptors (Lipinski definition) is 4. The first-order valence-electron chi connectivity index (χ1n) is 6.39. The summed E-state index contributed by atoms with van der Waals surface area (Å²) in [6, 6.07) is 15.1. The quantitative estimate of drug-likeness (QED) is 0.789. The molecule has 1 heterocycles. The topological polar surface area (TPSA) is 59.2 Å². The first-order chi connectivity index (χ1) is 9.72. The lowest BCUT2D eigenvalue weighted by atomic mass is 10.1. The van der Waals surface area contributed by atoms with Gasteiger partial charge in [-0.3, -0.25) is 0 Å². The molecule has 0 amide bonds. The molecule has 2 aromatic carbocycles. The van der Waals surface area contributed by atoms with Crippen molar-refractivity contribution in [1.82, 2.24) is 10.1 Å². The highest BCUT2D eigenvalue weighted by Crippen LogP contribution is 2.21. The minimum Gasteiger partial charge on any atom is -0.508 e. The highest BCUT2D eigenvalue weighted by Gasteiger charge is 2.11. The molecule has 0 saturated heterocycles. The maximum atomic E-state index is 9.74. The molecule has 20 heavy (non-hydrogen) atoms. The first kappa shape index (κ1) is 12.4. The first-order valence-corrected chi connectivity index (χ1v) is 6.39. The third-order valence-electron chi connectivity index (χ3n) is 3.08. The predicted molar refractivity (Wildman–Crippen MR) is 75.4 cm³/mol. The van der Waals surface area contributed by atoms with Crippen LogP contribution in [0.2, 0.25) is 0 Å². The zero-order chi connectivity index (χ0) is 13.9. The second-order valence-corrected chi connectivity index (χ2v) is 4.69. The number of aromatic nitrogens is 2. The van der Waals surface area contributed by atoms with Crippen molar-refractivity contribution in [2.24, 2.45) is 0 Å². The van der Waals surface area contributed by atoms with Crippen molar-refractivity contribution in [1.29, 1.82) is 0 Å². The van der Waals surface area contributed by atoms with E-state index in [-0.39, 0.29) is 5.75 Å². The van der Waals surface area contributed by atoms with Crippen LogP contribution in [0.5, 0.6) is 5.75 Å². The molecule has 0 aliphatic rings. The van der Waals surface area contributed by atoms with Crippen molar-refractivity contribution in [3.63, 3.8) is 0 Å². The van der Waals surface area contributed by atoms with E-state index < -0.39 is 0 Å². The van der Waals surface area contributed by atoms with Gasteiger partial charge < -0.3 is 9.63 Å². The number of benzene rings is 2. The van der Waals surface area contributed by atoms with Crippen LogP contribution in [0, 0.1) is 6.92 Å². The molecule has 100 valence electrons. The van der Waals surface area contributed by atoms with Gasteiger partial charge in [0, 0.05) is 11.1 Å². The Morgan fingerprint density at radius 2 is 1.95 bits per heavy atom. The van der Waals surface area contributed by atoms with Crippen LogP contribution in [0.1, 0.15) is 17.0 Å². The standard InChI is InChI=1S/C16H14N2O2/c1-11-5-4-7-13(9-11)16-17-15(20-18-16)10-12-6-2-3-8-14(12)19/h2-9,19H,10H2,1H3. The summed E-state index contributed by atoms with van der Waals surface area (Å²) in [4.78, 5) is 4.37. The van der Waals surface area contributed by atoms with Gasteiger partial charge in [0.2, 0.25) is 11.7 Å². The summed E-state index contributed by atoms with van der Waals surface area (Å²) >= 11 is 0. The van der Waals surface area contributed by atoms with E-state index in [0.29, 0.717) is 18.1 Å². The number of nitrogens with zero attached hydrogens (tertiary/aromatic N) is 2. The highest BCUT2D eigenvalue weighted by molar-refractivity contribution is 5.55. The SMILES string of the molecule is Cc1cccc(-c2noc(Cc3ccccc3O)n2)c1. The van der Waals surface area contributed by atoms with Gasteiger partial charge in [0.25, 0.3) is 0 Å². The predicted octanol–water partition coefficient (Wildman–Crippen LogP) is 3.34. The van der Waals surface area contributed by atoms with E-state index in [1.807, 2.05) is 43.3 Å². The fraction of sp³-hybridized carbons (Fsp3) is 0.125. The number of aryl methyl sites for hydroxylation is 1. The molecule has 4 heteroatoms. The van der Waals surface area contributed by atoms with Gasteiger partial charge in [-0.05, 0) is 19.1 Å². The Morgan fingerprint density at radius 3 is 2.75 bits per heavy atom. The van der Waals surface area contributed by atoms with Gasteiger partial charge in [0.05, 0.1) is 6.42 Å². The second-order valence-electron chi connectivity index (χ2n) is 4.69. The van der Waals surface area contributed by atoms with Crippen molar-refractivity contribution in [2.75, 3.05) is 0 Å². The zero-order valence-electron chi connectivity index (χ0n) is 11.1. The average Bonchev–Trinajstić information content (AvgIpc) is 2.90. The Morgan fingerprint density at radius 1 is 1.10 bits per heavy atom. The molecular weight excluding hydrogens is 252 g/mol. The summed E-state index contributed by atoms with van der Waals surface area (Å²) in [5.41, 5.74) is 2.85. The molecule has 4 nitrogen and oxygen atoms in total. The Balaban J connectivity index is 1.86. The lowest BCUT2D eigenvalue weighted by Crippen LogP contribution is -1.89. The average molecular weight is 266 g/mol. The Labute approximate surface area is 116 Å². The van der Waals surface area contributed by atoms with Crippen molar-refractivity contribution in [3.8, 4) is 17.1 Å². The van der Waals surface area contributed by atoms with E-state index in [1.165, 1.54) is 0 Å². The van der Waals surface area contributed by atoms with Gasteiger partial charge in [-0.25, -0.2) is 0 Å². The second kappa shape index (κ2) is 5.17. The normalized spacial score (nSPS) is 10.7. The largest absolute Gasteiger partial charge is 0.508 e. The molecule has 0 aliphatic heterocycles. The third-order valence-corrected chi connectivity index (χ3v) is 3.08. The van der Waals surface area contributed by atoms with Gasteiger partial charge >= 0.3 is 0 Å². The van der Waals surface area contributed by atoms with Crippen molar-refractivity contribution >= 4 is 0 Å². The number of phenolic OH excluding ortho intramolecular Hbond substituents is 1. The van der Waals surface area contributed by atoms with Crippen LogP contribution >= 0.6 is 0 Å². The number of rotatable bonds is 3. The molecule has 0 unspecified atom stereocenters. The lowest BCUT2D eigenvalue weighted by Gasteiger charge is -1.99. The van der Waals surface area contributed by atoms with E-state index in [4.69, 9.17) is 4.52 Å². The molecule has 0 radical (unpaired) electrons. The van der Waals surface area contributed by atoms with Gasteiger partial charge in [-0.1, -0.05) is 47.1 Å².